The van der Waals surface area contributed by atoms with Gasteiger partial charge in [0.05, 0.1) is 31.3 Å². The van der Waals surface area contributed by atoms with Crippen LogP contribution >= 0.6 is 0 Å². The molecule has 2 rings (SSSR count). The molecule has 2 aliphatic heterocycles. The first-order chi connectivity index (χ1) is 8.17. The zero-order chi connectivity index (χ0) is 12.4. The fourth-order valence-corrected chi connectivity index (χ4v) is 2.82. The molecule has 2 atom stereocenters. The summed E-state index contributed by atoms with van der Waals surface area (Å²) in [6.45, 7) is 7.45. The van der Waals surface area contributed by atoms with Gasteiger partial charge < -0.3 is 24.7 Å². The lowest BCUT2D eigenvalue weighted by Crippen LogP contribution is -2.61. The third kappa shape index (κ3) is 2.35. The predicted molar refractivity (Wildman–Crippen MR) is 62.3 cm³/mol. The first-order valence-electron chi connectivity index (χ1n) is 6.22. The van der Waals surface area contributed by atoms with E-state index in [1.54, 1.807) is 0 Å². The molecule has 0 amide bonds. The summed E-state index contributed by atoms with van der Waals surface area (Å²) in [5, 5.41) is 0. The van der Waals surface area contributed by atoms with Gasteiger partial charge in [-0.25, -0.2) is 0 Å². The van der Waals surface area contributed by atoms with Gasteiger partial charge in [0.25, 0.3) is 0 Å². The van der Waals surface area contributed by atoms with Gasteiger partial charge in [-0.3, -0.25) is 0 Å². The van der Waals surface area contributed by atoms with Crippen LogP contribution in [0.1, 0.15) is 20.3 Å². The summed E-state index contributed by atoms with van der Waals surface area (Å²) in [4.78, 5) is 0. The van der Waals surface area contributed by atoms with Crippen LogP contribution in [-0.4, -0.2) is 46.1 Å². The van der Waals surface area contributed by atoms with Crippen molar-refractivity contribution >= 4 is 0 Å². The number of ether oxygens (including phenoxy) is 4. The molecule has 0 aromatic rings. The second-order valence-corrected chi connectivity index (χ2v) is 5.40. The molecule has 2 heterocycles. The summed E-state index contributed by atoms with van der Waals surface area (Å²) >= 11 is 0. The average Bonchev–Trinajstić information content (AvgIpc) is 2.39. The van der Waals surface area contributed by atoms with Gasteiger partial charge in [-0.15, -0.1) is 0 Å². The molecule has 0 aromatic carbocycles. The first kappa shape index (κ1) is 13.2. The van der Waals surface area contributed by atoms with Gasteiger partial charge in [-0.05, 0) is 6.42 Å². The second-order valence-electron chi connectivity index (χ2n) is 5.40. The van der Waals surface area contributed by atoms with E-state index in [0.29, 0.717) is 40.0 Å². The van der Waals surface area contributed by atoms with E-state index < -0.39 is 0 Å². The molecule has 2 N–H and O–H groups in total. The van der Waals surface area contributed by atoms with E-state index in [4.69, 9.17) is 24.7 Å². The Labute approximate surface area is 103 Å². The number of rotatable bonds is 3. The molecule has 2 fully saturated rings. The van der Waals surface area contributed by atoms with Crippen LogP contribution in [0.3, 0.4) is 0 Å². The highest BCUT2D eigenvalue weighted by Gasteiger charge is 2.52. The van der Waals surface area contributed by atoms with Gasteiger partial charge in [0.15, 0.2) is 0 Å². The molecule has 0 saturated carbocycles. The van der Waals surface area contributed by atoms with Crippen LogP contribution in [0.15, 0.2) is 0 Å². The first-order valence-corrected chi connectivity index (χ1v) is 6.22. The fraction of sp³-hybridized carbons (Fsp3) is 1.00. The highest BCUT2D eigenvalue weighted by atomic mass is 16.7. The number of hydrogen-bond donors (Lipinski definition) is 1. The van der Waals surface area contributed by atoms with E-state index in [1.165, 1.54) is 0 Å². The lowest BCUT2D eigenvalue weighted by atomic mass is 9.68. The van der Waals surface area contributed by atoms with Crippen LogP contribution in [-0.2, 0) is 18.9 Å². The highest BCUT2D eigenvalue weighted by molar-refractivity contribution is 4.99. The summed E-state index contributed by atoms with van der Waals surface area (Å²) in [5.74, 6) is 0. The van der Waals surface area contributed by atoms with E-state index in [2.05, 4.69) is 13.8 Å². The summed E-state index contributed by atoms with van der Waals surface area (Å²) < 4.78 is 22.2. The Kier molecular flexibility index (Phi) is 4.05. The Morgan fingerprint density at radius 2 is 1.76 bits per heavy atom. The maximum atomic E-state index is 5.94. The molecular formula is C12H23NO4. The van der Waals surface area contributed by atoms with E-state index in [1.807, 2.05) is 0 Å². The molecule has 2 unspecified atom stereocenters. The molecule has 5 nitrogen and oxygen atoms in total. The van der Waals surface area contributed by atoms with Crippen molar-refractivity contribution < 1.29 is 18.9 Å². The van der Waals surface area contributed by atoms with Crippen LogP contribution < -0.4 is 5.73 Å². The van der Waals surface area contributed by atoms with Crippen LogP contribution in [0, 0.1) is 10.8 Å². The Bertz CT molecular complexity index is 241. The van der Waals surface area contributed by atoms with Gasteiger partial charge in [0.1, 0.15) is 13.6 Å². The fourth-order valence-electron chi connectivity index (χ4n) is 2.82. The molecule has 1 spiro atoms. The monoisotopic (exact) mass is 245 g/mol. The third-order valence-electron chi connectivity index (χ3n) is 4.12. The minimum Gasteiger partial charge on any atom is -0.355 e. The molecule has 2 aliphatic rings. The van der Waals surface area contributed by atoms with Crippen LogP contribution in [0.2, 0.25) is 0 Å². The predicted octanol–water partition coefficient (Wildman–Crippen LogP) is 0.725. The lowest BCUT2D eigenvalue weighted by molar-refractivity contribution is -0.297. The van der Waals surface area contributed by atoms with Crippen LogP contribution in [0.4, 0.5) is 0 Å². The summed E-state index contributed by atoms with van der Waals surface area (Å²) in [6, 6.07) is 0. The molecule has 0 aromatic heterocycles. The zero-order valence-electron chi connectivity index (χ0n) is 10.7. The van der Waals surface area contributed by atoms with Gasteiger partial charge in [-0.1, -0.05) is 13.8 Å². The molecule has 17 heavy (non-hydrogen) atoms. The Morgan fingerprint density at radius 3 is 2.29 bits per heavy atom. The summed E-state index contributed by atoms with van der Waals surface area (Å²) in [5.41, 5.74) is 5.67. The van der Waals surface area contributed by atoms with Gasteiger partial charge in [0, 0.05) is 12.0 Å². The van der Waals surface area contributed by atoms with E-state index in [9.17, 15) is 0 Å². The standard InChI is InChI=1S/C12H23NO4/c1-3-11(2,4-13)10-12(7-16-9-17-10)5-14-8-15-6-12/h10H,3-9,13H2,1-2H3. The SMILES string of the molecule is CCC(C)(CN)C1OCOCC12COCOC2. The minimum absolute atomic E-state index is 0.0269. The van der Waals surface area contributed by atoms with Crippen molar-refractivity contribution in [2.45, 2.75) is 26.4 Å². The normalized spacial score (nSPS) is 32.3. The van der Waals surface area contributed by atoms with Crippen molar-refractivity contribution in [2.24, 2.45) is 16.6 Å². The van der Waals surface area contributed by atoms with Crippen molar-refractivity contribution in [1.29, 1.82) is 0 Å². The van der Waals surface area contributed by atoms with Gasteiger partial charge >= 0.3 is 0 Å². The minimum atomic E-state index is -0.208. The molecule has 5 heteroatoms. The molecule has 0 radical (unpaired) electrons. The van der Waals surface area contributed by atoms with E-state index in [0.717, 1.165) is 6.42 Å². The molecule has 0 bridgehead atoms. The quantitative estimate of drug-likeness (QED) is 0.794. The van der Waals surface area contributed by atoms with Crippen molar-refractivity contribution in [1.82, 2.24) is 0 Å². The largest absolute Gasteiger partial charge is 0.355 e. The van der Waals surface area contributed by atoms with Gasteiger partial charge in [0.2, 0.25) is 0 Å². The van der Waals surface area contributed by atoms with Crippen LogP contribution in [0.25, 0.3) is 0 Å². The second kappa shape index (κ2) is 5.20. The maximum absolute atomic E-state index is 5.94. The lowest BCUT2D eigenvalue weighted by Gasteiger charge is -2.51. The van der Waals surface area contributed by atoms with Crippen molar-refractivity contribution in [3.8, 4) is 0 Å². The van der Waals surface area contributed by atoms with Gasteiger partial charge in [-0.2, -0.15) is 0 Å². The Balaban J connectivity index is 2.21. The van der Waals surface area contributed by atoms with Crippen molar-refractivity contribution in [3.05, 3.63) is 0 Å². The third-order valence-corrected chi connectivity index (χ3v) is 4.12. The molecule has 2 saturated heterocycles. The molecule has 0 aliphatic carbocycles. The van der Waals surface area contributed by atoms with E-state index >= 15 is 0 Å². The summed E-state index contributed by atoms with van der Waals surface area (Å²) in [7, 11) is 0. The topological polar surface area (TPSA) is 62.9 Å². The Hall–Kier alpha value is -0.200. The number of nitrogens with two attached hydrogens (primary N) is 1. The number of hydrogen-bond acceptors (Lipinski definition) is 5. The Morgan fingerprint density at radius 1 is 1.18 bits per heavy atom. The molecule has 100 valence electrons. The smallest absolute Gasteiger partial charge is 0.147 e. The average molecular weight is 245 g/mol. The zero-order valence-corrected chi connectivity index (χ0v) is 10.7. The van der Waals surface area contributed by atoms with Crippen molar-refractivity contribution in [2.75, 3.05) is 40.0 Å². The molecular weight excluding hydrogens is 222 g/mol. The van der Waals surface area contributed by atoms with Crippen molar-refractivity contribution in [3.63, 3.8) is 0 Å². The maximum Gasteiger partial charge on any atom is 0.147 e. The highest BCUT2D eigenvalue weighted by Crippen LogP contribution is 2.43. The van der Waals surface area contributed by atoms with Crippen LogP contribution in [0.5, 0.6) is 0 Å². The van der Waals surface area contributed by atoms with E-state index in [-0.39, 0.29) is 16.9 Å². The summed E-state index contributed by atoms with van der Waals surface area (Å²) in [6.07, 6.45) is 0.995.